The molecular weight excluding hydrogens is 214 g/mol. The van der Waals surface area contributed by atoms with E-state index in [0.717, 1.165) is 25.6 Å². The van der Waals surface area contributed by atoms with Gasteiger partial charge in [0.15, 0.2) is 0 Å². The molecule has 0 unspecified atom stereocenters. The van der Waals surface area contributed by atoms with E-state index in [1.807, 2.05) is 16.8 Å². The summed E-state index contributed by atoms with van der Waals surface area (Å²) in [4.78, 5) is 15.4. The van der Waals surface area contributed by atoms with E-state index in [-0.39, 0.29) is 6.03 Å². The number of urea groups is 1. The molecule has 0 saturated carbocycles. The highest BCUT2D eigenvalue weighted by Gasteiger charge is 2.24. The molecule has 2 saturated heterocycles. The molecule has 1 N–H and O–H groups in total. The molecule has 4 nitrogen and oxygen atoms in total. The summed E-state index contributed by atoms with van der Waals surface area (Å²) in [5.41, 5.74) is 0. The molecule has 2 aliphatic rings. The molecule has 0 bridgehead atoms. The molecule has 0 aromatic heterocycles. The second kappa shape index (κ2) is 6.24. The minimum atomic E-state index is 0.215. The Labute approximate surface area is 104 Å². The molecule has 0 aromatic rings. The zero-order valence-electron chi connectivity index (χ0n) is 11.0. The fourth-order valence-electron chi connectivity index (χ4n) is 2.82. The molecule has 2 aliphatic heterocycles. The van der Waals surface area contributed by atoms with E-state index in [1.54, 1.807) is 0 Å². The van der Waals surface area contributed by atoms with Gasteiger partial charge in [0.25, 0.3) is 0 Å². The zero-order chi connectivity index (χ0) is 12.1. The fraction of sp³-hybridized carbons (Fsp3) is 0.923. The summed E-state index contributed by atoms with van der Waals surface area (Å²) in [5.74, 6) is 0.924. The van der Waals surface area contributed by atoms with Gasteiger partial charge < -0.3 is 15.1 Å². The lowest BCUT2D eigenvalue weighted by molar-refractivity contribution is 0.197. The van der Waals surface area contributed by atoms with Crippen LogP contribution in [0.1, 0.15) is 32.1 Å². The van der Waals surface area contributed by atoms with Crippen molar-refractivity contribution in [2.45, 2.75) is 32.1 Å². The summed E-state index contributed by atoms with van der Waals surface area (Å²) in [6.45, 7) is 5.16. The van der Waals surface area contributed by atoms with Gasteiger partial charge in [-0.2, -0.15) is 0 Å². The van der Waals surface area contributed by atoms with E-state index in [1.165, 1.54) is 45.2 Å². The number of hydrogen-bond donors (Lipinski definition) is 1. The van der Waals surface area contributed by atoms with Crippen molar-refractivity contribution in [3.8, 4) is 0 Å². The number of amides is 2. The molecule has 0 aromatic carbocycles. The smallest absolute Gasteiger partial charge is 0.319 e. The lowest BCUT2D eigenvalue weighted by Gasteiger charge is -2.23. The number of likely N-dealkylation sites (N-methyl/N-ethyl adjacent to an activating group) is 1. The van der Waals surface area contributed by atoms with Crippen LogP contribution in [0.15, 0.2) is 0 Å². The summed E-state index contributed by atoms with van der Waals surface area (Å²) in [6, 6.07) is 0.215. The number of carbonyl (C=O) groups is 1. The maximum Gasteiger partial charge on any atom is 0.319 e. The van der Waals surface area contributed by atoms with E-state index >= 15 is 0 Å². The first-order chi connectivity index (χ1) is 8.27. The number of piperidine rings is 1. The summed E-state index contributed by atoms with van der Waals surface area (Å²) in [6.07, 6.45) is 6.47. The predicted molar refractivity (Wildman–Crippen MR) is 69.0 cm³/mol. The number of carbonyl (C=O) groups excluding carboxylic acids is 1. The molecular formula is C13H25N3O. The number of hydrogen-bond acceptors (Lipinski definition) is 2. The number of nitrogens with zero attached hydrogens (tertiary/aromatic N) is 2. The number of unbranched alkanes of at least 4 members (excludes halogenated alkanes) is 1. The summed E-state index contributed by atoms with van der Waals surface area (Å²) in [5, 5.41) is 3.40. The van der Waals surface area contributed by atoms with Gasteiger partial charge in [-0.15, -0.1) is 0 Å². The van der Waals surface area contributed by atoms with Gasteiger partial charge in [0.1, 0.15) is 0 Å². The third-order valence-corrected chi connectivity index (χ3v) is 4.05. The van der Waals surface area contributed by atoms with Crippen molar-refractivity contribution in [3.63, 3.8) is 0 Å². The summed E-state index contributed by atoms with van der Waals surface area (Å²) >= 11 is 0. The standard InChI is InChI=1S/C13H25N3O/c1-15-10-11-16(13(15)17)9-3-2-4-12-5-7-14-8-6-12/h12,14H,2-11H2,1H3. The molecule has 0 aliphatic carbocycles. The van der Waals surface area contributed by atoms with Crippen molar-refractivity contribution in [3.05, 3.63) is 0 Å². The third kappa shape index (κ3) is 3.60. The van der Waals surface area contributed by atoms with E-state index in [2.05, 4.69) is 5.32 Å². The molecule has 0 atom stereocenters. The first kappa shape index (κ1) is 12.7. The van der Waals surface area contributed by atoms with Gasteiger partial charge in [0.2, 0.25) is 0 Å². The quantitative estimate of drug-likeness (QED) is 0.738. The van der Waals surface area contributed by atoms with Crippen LogP contribution < -0.4 is 5.32 Å². The molecule has 0 spiro atoms. The average molecular weight is 239 g/mol. The maximum atomic E-state index is 11.6. The highest BCUT2D eigenvalue weighted by atomic mass is 16.2. The highest BCUT2D eigenvalue weighted by Crippen LogP contribution is 2.19. The molecule has 98 valence electrons. The van der Waals surface area contributed by atoms with Crippen LogP contribution in [0.25, 0.3) is 0 Å². The van der Waals surface area contributed by atoms with E-state index in [0.29, 0.717) is 0 Å². The second-order valence-corrected chi connectivity index (χ2v) is 5.38. The molecule has 4 heteroatoms. The van der Waals surface area contributed by atoms with Gasteiger partial charge in [0.05, 0.1) is 0 Å². The predicted octanol–water partition coefficient (Wildman–Crippen LogP) is 1.52. The van der Waals surface area contributed by atoms with Crippen LogP contribution in [0.3, 0.4) is 0 Å². The van der Waals surface area contributed by atoms with E-state index < -0.39 is 0 Å². The minimum Gasteiger partial charge on any atom is -0.326 e. The topological polar surface area (TPSA) is 35.6 Å². The summed E-state index contributed by atoms with van der Waals surface area (Å²) in [7, 11) is 1.89. The Morgan fingerprint density at radius 3 is 2.65 bits per heavy atom. The van der Waals surface area contributed by atoms with Crippen molar-refractivity contribution >= 4 is 6.03 Å². The SMILES string of the molecule is CN1CCN(CCCCC2CCNCC2)C1=O. The average Bonchev–Trinajstić information content (AvgIpc) is 2.67. The number of nitrogens with one attached hydrogen (secondary N) is 1. The van der Waals surface area contributed by atoms with Gasteiger partial charge in [-0.25, -0.2) is 4.79 Å². The molecule has 2 amide bonds. The lowest BCUT2D eigenvalue weighted by Crippen LogP contribution is -2.30. The van der Waals surface area contributed by atoms with Crippen molar-refractivity contribution in [1.82, 2.24) is 15.1 Å². The van der Waals surface area contributed by atoms with Crippen molar-refractivity contribution in [2.75, 3.05) is 39.8 Å². The van der Waals surface area contributed by atoms with Crippen LogP contribution >= 0.6 is 0 Å². The second-order valence-electron chi connectivity index (χ2n) is 5.38. The third-order valence-electron chi connectivity index (χ3n) is 4.05. The molecule has 2 fully saturated rings. The molecule has 2 rings (SSSR count). The Hall–Kier alpha value is -0.770. The maximum absolute atomic E-state index is 11.6. The van der Waals surface area contributed by atoms with Gasteiger partial charge in [0, 0.05) is 26.7 Å². The highest BCUT2D eigenvalue weighted by molar-refractivity contribution is 5.76. The van der Waals surface area contributed by atoms with Crippen LogP contribution in [-0.4, -0.2) is 55.6 Å². The summed E-state index contributed by atoms with van der Waals surface area (Å²) < 4.78 is 0. The Morgan fingerprint density at radius 2 is 2.00 bits per heavy atom. The van der Waals surface area contributed by atoms with Crippen LogP contribution in [0.4, 0.5) is 4.79 Å². The van der Waals surface area contributed by atoms with Crippen LogP contribution in [-0.2, 0) is 0 Å². The van der Waals surface area contributed by atoms with Gasteiger partial charge >= 0.3 is 6.03 Å². The Bertz CT molecular complexity index is 251. The lowest BCUT2D eigenvalue weighted by atomic mass is 9.92. The van der Waals surface area contributed by atoms with Crippen LogP contribution in [0.5, 0.6) is 0 Å². The van der Waals surface area contributed by atoms with E-state index in [4.69, 9.17) is 0 Å². The Kier molecular flexibility index (Phi) is 4.66. The fourth-order valence-corrected chi connectivity index (χ4v) is 2.82. The molecule has 0 radical (unpaired) electrons. The van der Waals surface area contributed by atoms with Crippen LogP contribution in [0.2, 0.25) is 0 Å². The monoisotopic (exact) mass is 239 g/mol. The van der Waals surface area contributed by atoms with Crippen LogP contribution in [0, 0.1) is 5.92 Å². The van der Waals surface area contributed by atoms with E-state index in [9.17, 15) is 4.79 Å². The first-order valence-electron chi connectivity index (χ1n) is 6.98. The zero-order valence-corrected chi connectivity index (χ0v) is 11.0. The Morgan fingerprint density at radius 1 is 1.24 bits per heavy atom. The minimum absolute atomic E-state index is 0.215. The van der Waals surface area contributed by atoms with Crippen molar-refractivity contribution in [2.24, 2.45) is 5.92 Å². The normalized spacial score (nSPS) is 22.5. The first-order valence-corrected chi connectivity index (χ1v) is 6.98. The molecule has 17 heavy (non-hydrogen) atoms. The molecule has 2 heterocycles. The van der Waals surface area contributed by atoms with Gasteiger partial charge in [-0.3, -0.25) is 0 Å². The van der Waals surface area contributed by atoms with Crippen molar-refractivity contribution in [1.29, 1.82) is 0 Å². The number of rotatable bonds is 5. The Balaban J connectivity index is 1.55. The van der Waals surface area contributed by atoms with Crippen molar-refractivity contribution < 1.29 is 4.79 Å². The largest absolute Gasteiger partial charge is 0.326 e. The van der Waals surface area contributed by atoms with Gasteiger partial charge in [-0.1, -0.05) is 12.8 Å². The van der Waals surface area contributed by atoms with Gasteiger partial charge in [-0.05, 0) is 38.3 Å².